The van der Waals surface area contributed by atoms with Gasteiger partial charge in [0, 0.05) is 18.2 Å². The fourth-order valence-corrected chi connectivity index (χ4v) is 3.38. The van der Waals surface area contributed by atoms with E-state index in [0.29, 0.717) is 22.2 Å². The summed E-state index contributed by atoms with van der Waals surface area (Å²) in [5.74, 6) is 1.18. The maximum absolute atomic E-state index is 12.6. The number of methoxy groups -OCH3 is 1. The Morgan fingerprint density at radius 3 is 2.68 bits per heavy atom. The Morgan fingerprint density at radius 1 is 1.32 bits per heavy atom. The first-order chi connectivity index (χ1) is 12.0. The first-order valence-electron chi connectivity index (χ1n) is 8.33. The van der Waals surface area contributed by atoms with Gasteiger partial charge in [-0.05, 0) is 44.9 Å². The van der Waals surface area contributed by atoms with E-state index >= 15 is 0 Å². The number of likely N-dealkylation sites (tertiary alicyclic amines) is 1. The van der Waals surface area contributed by atoms with Crippen molar-refractivity contribution in [3.63, 3.8) is 0 Å². The number of rotatable bonds is 5. The van der Waals surface area contributed by atoms with Crippen molar-refractivity contribution in [1.82, 2.24) is 15.1 Å². The molecule has 2 unspecified atom stereocenters. The molecule has 25 heavy (non-hydrogen) atoms. The van der Waals surface area contributed by atoms with Crippen molar-refractivity contribution in [1.29, 1.82) is 0 Å². The maximum Gasteiger partial charge on any atom is 0.274 e. The molecule has 0 spiro atoms. The molecule has 0 aliphatic carbocycles. The van der Waals surface area contributed by atoms with Gasteiger partial charge in [0.25, 0.3) is 5.91 Å². The lowest BCUT2D eigenvalue weighted by Crippen LogP contribution is -2.38. The molecular weight excluding hydrogens is 342 g/mol. The number of nitrogens with one attached hydrogen (secondary N) is 1. The summed E-state index contributed by atoms with van der Waals surface area (Å²) >= 11 is 6.16. The van der Waals surface area contributed by atoms with Gasteiger partial charge in [0.2, 0.25) is 0 Å². The topological polar surface area (TPSA) is 67.5 Å². The number of H-pyrrole nitrogens is 1. The number of carbonyl (C=O) groups excluding carboxylic acids is 1. The van der Waals surface area contributed by atoms with Crippen LogP contribution < -0.4 is 9.47 Å². The van der Waals surface area contributed by atoms with Crippen LogP contribution in [-0.4, -0.2) is 40.2 Å². The number of hydrogen-bond acceptors (Lipinski definition) is 4. The van der Waals surface area contributed by atoms with Crippen LogP contribution in [0.2, 0.25) is 5.02 Å². The molecule has 2 heterocycles. The summed E-state index contributed by atoms with van der Waals surface area (Å²) in [6, 6.07) is 7.44. The van der Waals surface area contributed by atoms with Crippen LogP contribution in [0.5, 0.6) is 11.5 Å². The van der Waals surface area contributed by atoms with Crippen molar-refractivity contribution in [2.75, 3.05) is 7.11 Å². The Labute approximate surface area is 152 Å². The molecule has 1 amide bonds. The molecule has 1 aliphatic heterocycles. The molecule has 0 radical (unpaired) electrons. The van der Waals surface area contributed by atoms with Gasteiger partial charge in [0.05, 0.1) is 17.8 Å². The van der Waals surface area contributed by atoms with E-state index in [9.17, 15) is 4.79 Å². The predicted octanol–water partition coefficient (Wildman–Crippen LogP) is 3.66. The van der Waals surface area contributed by atoms with Crippen LogP contribution in [0, 0.1) is 0 Å². The van der Waals surface area contributed by atoms with E-state index in [2.05, 4.69) is 24.0 Å². The standard InChI is InChI=1S/C18H22ClN3O3/c1-11-4-5-12(2)22(11)18(23)16-8-13(20-21-16)10-25-17-7-6-14(24-3)9-15(17)19/h6-9,11-12H,4-5,10H2,1-3H3,(H,20,21). The molecule has 0 bridgehead atoms. The molecule has 3 rings (SSSR count). The average Bonchev–Trinajstić information content (AvgIpc) is 3.20. The minimum atomic E-state index is -0.0394. The van der Waals surface area contributed by atoms with Crippen LogP contribution in [0.1, 0.15) is 42.9 Å². The number of benzene rings is 1. The SMILES string of the molecule is COc1ccc(OCc2cc(C(=O)N3C(C)CCC3C)n[nH]2)c(Cl)c1. The number of nitrogens with zero attached hydrogens (tertiary/aromatic N) is 2. The third-order valence-electron chi connectivity index (χ3n) is 4.56. The molecule has 1 aromatic heterocycles. The third-order valence-corrected chi connectivity index (χ3v) is 4.85. The lowest BCUT2D eigenvalue weighted by atomic mass is 10.2. The summed E-state index contributed by atoms with van der Waals surface area (Å²) in [6.07, 6.45) is 2.06. The lowest BCUT2D eigenvalue weighted by Gasteiger charge is -2.25. The fraction of sp³-hybridized carbons (Fsp3) is 0.444. The number of amides is 1. The van der Waals surface area contributed by atoms with Gasteiger partial charge < -0.3 is 14.4 Å². The molecule has 1 aliphatic rings. The summed E-state index contributed by atoms with van der Waals surface area (Å²) in [5, 5.41) is 7.47. The maximum atomic E-state index is 12.6. The average molecular weight is 364 g/mol. The van der Waals surface area contributed by atoms with E-state index in [1.165, 1.54) is 0 Å². The highest BCUT2D eigenvalue weighted by atomic mass is 35.5. The molecule has 134 valence electrons. The van der Waals surface area contributed by atoms with Crippen LogP contribution in [0.15, 0.2) is 24.3 Å². The zero-order valence-corrected chi connectivity index (χ0v) is 15.3. The zero-order chi connectivity index (χ0) is 18.0. The molecule has 0 saturated carbocycles. The van der Waals surface area contributed by atoms with Gasteiger partial charge in [-0.2, -0.15) is 5.10 Å². The van der Waals surface area contributed by atoms with Crippen LogP contribution in [0.3, 0.4) is 0 Å². The smallest absolute Gasteiger partial charge is 0.274 e. The summed E-state index contributed by atoms with van der Waals surface area (Å²) in [6.45, 7) is 4.39. The molecule has 1 saturated heterocycles. The molecule has 6 nitrogen and oxygen atoms in total. The van der Waals surface area contributed by atoms with Gasteiger partial charge in [-0.1, -0.05) is 11.6 Å². The van der Waals surface area contributed by atoms with Crippen molar-refractivity contribution in [3.8, 4) is 11.5 Å². The molecule has 1 N–H and O–H groups in total. The lowest BCUT2D eigenvalue weighted by molar-refractivity contribution is 0.0686. The highest BCUT2D eigenvalue weighted by Gasteiger charge is 2.33. The largest absolute Gasteiger partial charge is 0.497 e. The van der Waals surface area contributed by atoms with Crippen LogP contribution in [0.4, 0.5) is 0 Å². The highest BCUT2D eigenvalue weighted by Crippen LogP contribution is 2.29. The van der Waals surface area contributed by atoms with E-state index < -0.39 is 0 Å². The van der Waals surface area contributed by atoms with E-state index in [1.54, 1.807) is 31.4 Å². The Balaban J connectivity index is 1.65. The summed E-state index contributed by atoms with van der Waals surface area (Å²) in [5.41, 5.74) is 1.13. The second kappa shape index (κ2) is 7.35. The monoisotopic (exact) mass is 363 g/mol. The Kier molecular flexibility index (Phi) is 5.18. The van der Waals surface area contributed by atoms with Gasteiger partial charge in [0.15, 0.2) is 5.69 Å². The minimum absolute atomic E-state index is 0.0394. The number of ether oxygens (including phenoxy) is 2. The predicted molar refractivity (Wildman–Crippen MR) is 95.3 cm³/mol. The first kappa shape index (κ1) is 17.6. The number of aromatic amines is 1. The zero-order valence-electron chi connectivity index (χ0n) is 14.6. The van der Waals surface area contributed by atoms with Crippen molar-refractivity contribution in [3.05, 3.63) is 40.7 Å². The molecule has 7 heteroatoms. The van der Waals surface area contributed by atoms with E-state index in [-0.39, 0.29) is 24.6 Å². The van der Waals surface area contributed by atoms with E-state index in [0.717, 1.165) is 18.5 Å². The molecular formula is C18H22ClN3O3. The van der Waals surface area contributed by atoms with Gasteiger partial charge in [-0.15, -0.1) is 0 Å². The minimum Gasteiger partial charge on any atom is -0.497 e. The third kappa shape index (κ3) is 3.74. The van der Waals surface area contributed by atoms with Crippen molar-refractivity contribution in [2.45, 2.75) is 45.4 Å². The Morgan fingerprint density at radius 2 is 2.04 bits per heavy atom. The van der Waals surface area contributed by atoms with Crippen LogP contribution >= 0.6 is 11.6 Å². The van der Waals surface area contributed by atoms with Gasteiger partial charge in [-0.25, -0.2) is 0 Å². The number of carbonyl (C=O) groups is 1. The van der Waals surface area contributed by atoms with Crippen molar-refractivity contribution < 1.29 is 14.3 Å². The number of hydrogen-bond donors (Lipinski definition) is 1. The Hall–Kier alpha value is -2.21. The normalized spacial score (nSPS) is 19.9. The molecule has 2 aromatic rings. The van der Waals surface area contributed by atoms with Crippen LogP contribution in [0.25, 0.3) is 0 Å². The summed E-state index contributed by atoms with van der Waals surface area (Å²) in [4.78, 5) is 14.6. The quantitative estimate of drug-likeness (QED) is 0.880. The first-order valence-corrected chi connectivity index (χ1v) is 8.70. The van der Waals surface area contributed by atoms with Crippen LogP contribution in [-0.2, 0) is 6.61 Å². The highest BCUT2D eigenvalue weighted by molar-refractivity contribution is 6.32. The van der Waals surface area contributed by atoms with E-state index in [1.807, 2.05) is 4.90 Å². The van der Waals surface area contributed by atoms with Crippen molar-refractivity contribution in [2.24, 2.45) is 0 Å². The fourth-order valence-electron chi connectivity index (χ4n) is 3.15. The second-order valence-electron chi connectivity index (χ2n) is 6.35. The van der Waals surface area contributed by atoms with Gasteiger partial charge in [-0.3, -0.25) is 9.89 Å². The summed E-state index contributed by atoms with van der Waals surface area (Å²) in [7, 11) is 1.58. The number of aromatic nitrogens is 2. The van der Waals surface area contributed by atoms with Gasteiger partial charge in [0.1, 0.15) is 18.1 Å². The van der Waals surface area contributed by atoms with E-state index in [4.69, 9.17) is 21.1 Å². The van der Waals surface area contributed by atoms with Gasteiger partial charge >= 0.3 is 0 Å². The molecule has 1 fully saturated rings. The Bertz CT molecular complexity index is 752. The molecule has 2 atom stereocenters. The van der Waals surface area contributed by atoms with Crippen molar-refractivity contribution >= 4 is 17.5 Å². The summed E-state index contributed by atoms with van der Waals surface area (Å²) < 4.78 is 10.8. The second-order valence-corrected chi connectivity index (χ2v) is 6.76. The molecule has 1 aromatic carbocycles. The number of halogens is 1.